The highest BCUT2D eigenvalue weighted by atomic mass is 35.5. The number of ether oxygens (including phenoxy) is 2. The molecule has 1 aromatic carbocycles. The van der Waals surface area contributed by atoms with Crippen molar-refractivity contribution in [1.82, 2.24) is 0 Å². The SMILES string of the molecule is C[C@H](OCc1cccc(Cl)c1)[C@H]1CO1. The lowest BCUT2D eigenvalue weighted by Crippen LogP contribution is -2.14. The summed E-state index contributed by atoms with van der Waals surface area (Å²) in [4.78, 5) is 0. The number of halogens is 1. The second-order valence-electron chi connectivity index (χ2n) is 3.52. The fourth-order valence-corrected chi connectivity index (χ4v) is 1.50. The molecule has 14 heavy (non-hydrogen) atoms. The highest BCUT2D eigenvalue weighted by Crippen LogP contribution is 2.18. The Morgan fingerprint density at radius 2 is 2.43 bits per heavy atom. The second kappa shape index (κ2) is 4.30. The molecule has 0 aromatic heterocycles. The molecular formula is C11H13ClO2. The molecule has 0 N–H and O–H groups in total. The van der Waals surface area contributed by atoms with E-state index < -0.39 is 0 Å². The van der Waals surface area contributed by atoms with Crippen LogP contribution >= 0.6 is 11.6 Å². The molecule has 1 aromatic rings. The average molecular weight is 213 g/mol. The Kier molecular flexibility index (Phi) is 3.06. The van der Waals surface area contributed by atoms with Crippen LogP contribution in [0.15, 0.2) is 24.3 Å². The number of hydrogen-bond donors (Lipinski definition) is 0. The molecule has 1 aliphatic rings. The molecule has 3 heteroatoms. The summed E-state index contributed by atoms with van der Waals surface area (Å²) in [6.07, 6.45) is 0.475. The predicted molar refractivity (Wildman–Crippen MR) is 55.4 cm³/mol. The Morgan fingerprint density at radius 1 is 1.64 bits per heavy atom. The van der Waals surface area contributed by atoms with Gasteiger partial charge in [-0.15, -0.1) is 0 Å². The minimum atomic E-state index is 0.175. The summed E-state index contributed by atoms with van der Waals surface area (Å²) < 4.78 is 10.8. The van der Waals surface area contributed by atoms with Crippen LogP contribution in [0, 0.1) is 0 Å². The molecule has 2 nitrogen and oxygen atoms in total. The third-order valence-electron chi connectivity index (χ3n) is 2.28. The average Bonchev–Trinajstić information content (AvgIpc) is 2.97. The number of rotatable bonds is 4. The molecule has 0 saturated carbocycles. The second-order valence-corrected chi connectivity index (χ2v) is 3.95. The lowest BCUT2D eigenvalue weighted by Gasteiger charge is -2.10. The summed E-state index contributed by atoms with van der Waals surface area (Å²) in [6.45, 7) is 3.46. The van der Waals surface area contributed by atoms with Crippen molar-refractivity contribution in [3.8, 4) is 0 Å². The zero-order valence-electron chi connectivity index (χ0n) is 8.07. The Hall–Kier alpha value is -0.570. The summed E-state index contributed by atoms with van der Waals surface area (Å²) in [5.74, 6) is 0. The van der Waals surface area contributed by atoms with Gasteiger partial charge in [-0.1, -0.05) is 23.7 Å². The predicted octanol–water partition coefficient (Wildman–Crippen LogP) is 2.64. The first kappa shape index (κ1) is 9.97. The first-order valence-corrected chi connectivity index (χ1v) is 5.11. The van der Waals surface area contributed by atoms with Crippen molar-refractivity contribution in [3.05, 3.63) is 34.9 Å². The maximum atomic E-state index is 5.85. The normalized spacial score (nSPS) is 22.0. The van der Waals surface area contributed by atoms with Gasteiger partial charge in [0.05, 0.1) is 19.3 Å². The molecule has 0 amide bonds. The molecular weight excluding hydrogens is 200 g/mol. The van der Waals surface area contributed by atoms with Crippen molar-refractivity contribution in [2.75, 3.05) is 6.61 Å². The highest BCUT2D eigenvalue weighted by Gasteiger charge is 2.29. The molecule has 1 heterocycles. The highest BCUT2D eigenvalue weighted by molar-refractivity contribution is 6.30. The smallest absolute Gasteiger partial charge is 0.107 e. The third kappa shape index (κ3) is 2.71. The van der Waals surface area contributed by atoms with Gasteiger partial charge in [0.15, 0.2) is 0 Å². The van der Waals surface area contributed by atoms with Crippen LogP contribution in [-0.4, -0.2) is 18.8 Å². The minimum absolute atomic E-state index is 0.175. The molecule has 2 rings (SSSR count). The van der Waals surface area contributed by atoms with Crippen LogP contribution in [0.5, 0.6) is 0 Å². The summed E-state index contributed by atoms with van der Waals surface area (Å²) in [5.41, 5.74) is 1.10. The first-order chi connectivity index (χ1) is 6.75. The fourth-order valence-electron chi connectivity index (χ4n) is 1.29. The zero-order chi connectivity index (χ0) is 9.97. The Balaban J connectivity index is 1.84. The molecule has 0 aliphatic carbocycles. The van der Waals surface area contributed by atoms with Gasteiger partial charge in [-0.05, 0) is 24.6 Å². The molecule has 1 fully saturated rings. The van der Waals surface area contributed by atoms with Crippen molar-refractivity contribution < 1.29 is 9.47 Å². The van der Waals surface area contributed by atoms with E-state index in [0.717, 1.165) is 17.2 Å². The van der Waals surface area contributed by atoms with E-state index in [9.17, 15) is 0 Å². The molecule has 1 saturated heterocycles. The van der Waals surface area contributed by atoms with Gasteiger partial charge in [-0.25, -0.2) is 0 Å². The molecule has 0 bridgehead atoms. The van der Waals surface area contributed by atoms with Gasteiger partial charge in [-0.3, -0.25) is 0 Å². The van der Waals surface area contributed by atoms with Crippen LogP contribution in [0.4, 0.5) is 0 Å². The van der Waals surface area contributed by atoms with Gasteiger partial charge >= 0.3 is 0 Å². The number of epoxide rings is 1. The summed E-state index contributed by atoms with van der Waals surface area (Å²) in [6, 6.07) is 7.71. The van der Waals surface area contributed by atoms with E-state index in [-0.39, 0.29) is 6.10 Å². The van der Waals surface area contributed by atoms with Crippen molar-refractivity contribution in [2.45, 2.75) is 25.7 Å². The quantitative estimate of drug-likeness (QED) is 0.716. The van der Waals surface area contributed by atoms with E-state index in [2.05, 4.69) is 0 Å². The fraction of sp³-hybridized carbons (Fsp3) is 0.455. The topological polar surface area (TPSA) is 21.8 Å². The van der Waals surface area contributed by atoms with Crippen LogP contribution in [0.3, 0.4) is 0 Å². The number of hydrogen-bond acceptors (Lipinski definition) is 2. The summed E-state index contributed by atoms with van der Waals surface area (Å²) >= 11 is 5.85. The van der Waals surface area contributed by atoms with Crippen molar-refractivity contribution in [3.63, 3.8) is 0 Å². The maximum Gasteiger partial charge on any atom is 0.107 e. The van der Waals surface area contributed by atoms with Crippen molar-refractivity contribution in [1.29, 1.82) is 0 Å². The van der Waals surface area contributed by atoms with Crippen LogP contribution < -0.4 is 0 Å². The molecule has 0 unspecified atom stereocenters. The standard InChI is InChI=1S/C11H13ClO2/c1-8(11-7-14-11)13-6-9-3-2-4-10(12)5-9/h2-5,8,11H,6-7H2,1H3/t8-,11+/m0/s1. The lowest BCUT2D eigenvalue weighted by atomic mass is 10.2. The first-order valence-electron chi connectivity index (χ1n) is 4.73. The number of benzene rings is 1. The van der Waals surface area contributed by atoms with Crippen LogP contribution in [0.1, 0.15) is 12.5 Å². The lowest BCUT2D eigenvalue weighted by molar-refractivity contribution is 0.0340. The van der Waals surface area contributed by atoms with Gasteiger partial charge in [0.1, 0.15) is 6.10 Å². The monoisotopic (exact) mass is 212 g/mol. The minimum Gasteiger partial charge on any atom is -0.371 e. The molecule has 0 spiro atoms. The Bertz CT molecular complexity index is 310. The Morgan fingerprint density at radius 3 is 3.07 bits per heavy atom. The van der Waals surface area contributed by atoms with E-state index in [0.29, 0.717) is 12.7 Å². The van der Waals surface area contributed by atoms with Gasteiger partial charge in [0, 0.05) is 5.02 Å². The Labute approximate surface area is 88.8 Å². The van der Waals surface area contributed by atoms with Crippen LogP contribution in [0.2, 0.25) is 5.02 Å². The largest absolute Gasteiger partial charge is 0.371 e. The van der Waals surface area contributed by atoms with Gasteiger partial charge in [0.25, 0.3) is 0 Å². The van der Waals surface area contributed by atoms with E-state index in [1.165, 1.54) is 0 Å². The van der Waals surface area contributed by atoms with E-state index in [4.69, 9.17) is 21.1 Å². The van der Waals surface area contributed by atoms with Gasteiger partial charge < -0.3 is 9.47 Å². The molecule has 76 valence electrons. The molecule has 1 aliphatic heterocycles. The van der Waals surface area contributed by atoms with Crippen LogP contribution in [0.25, 0.3) is 0 Å². The summed E-state index contributed by atoms with van der Waals surface area (Å²) in [5, 5.41) is 0.751. The zero-order valence-corrected chi connectivity index (χ0v) is 8.83. The summed E-state index contributed by atoms with van der Waals surface area (Å²) in [7, 11) is 0. The van der Waals surface area contributed by atoms with Crippen LogP contribution in [-0.2, 0) is 16.1 Å². The van der Waals surface area contributed by atoms with Crippen molar-refractivity contribution in [2.24, 2.45) is 0 Å². The van der Waals surface area contributed by atoms with Gasteiger partial charge in [0.2, 0.25) is 0 Å². The van der Waals surface area contributed by atoms with Crippen molar-refractivity contribution >= 4 is 11.6 Å². The van der Waals surface area contributed by atoms with E-state index in [1.54, 1.807) is 0 Å². The maximum absolute atomic E-state index is 5.85. The van der Waals surface area contributed by atoms with E-state index in [1.807, 2.05) is 31.2 Å². The third-order valence-corrected chi connectivity index (χ3v) is 2.52. The van der Waals surface area contributed by atoms with Gasteiger partial charge in [-0.2, -0.15) is 0 Å². The molecule has 0 radical (unpaired) electrons. The van der Waals surface area contributed by atoms with E-state index >= 15 is 0 Å². The molecule has 2 atom stereocenters.